The Morgan fingerprint density at radius 3 is 2.69 bits per heavy atom. The van der Waals surface area contributed by atoms with Crippen LogP contribution in [0.3, 0.4) is 0 Å². The minimum absolute atomic E-state index is 0.0129. The summed E-state index contributed by atoms with van der Waals surface area (Å²) in [5.41, 5.74) is 1.96. The molecule has 2 N–H and O–H groups in total. The monoisotopic (exact) mass is 459 g/mol. The van der Waals surface area contributed by atoms with Gasteiger partial charge in [-0.3, -0.25) is 4.79 Å². The Morgan fingerprint density at radius 2 is 1.94 bits per heavy atom. The van der Waals surface area contributed by atoms with Gasteiger partial charge in [0.25, 0.3) is 5.91 Å². The SMILES string of the molecule is COC(=O)c1c(NC(=O)COC(=O)C=Cc2ccc(O)c(OC)c2)sc2c1CCCCC2. The van der Waals surface area contributed by atoms with Crippen LogP contribution in [-0.2, 0) is 31.9 Å². The minimum Gasteiger partial charge on any atom is -0.504 e. The van der Waals surface area contributed by atoms with Crippen molar-refractivity contribution in [2.45, 2.75) is 32.1 Å². The molecule has 2 aromatic rings. The van der Waals surface area contributed by atoms with Crippen LogP contribution in [-0.4, -0.2) is 43.8 Å². The van der Waals surface area contributed by atoms with E-state index in [1.165, 1.54) is 43.8 Å². The van der Waals surface area contributed by atoms with Crippen LogP contribution in [0.1, 0.15) is 45.6 Å². The van der Waals surface area contributed by atoms with E-state index in [0.29, 0.717) is 16.1 Å². The number of esters is 2. The smallest absolute Gasteiger partial charge is 0.341 e. The van der Waals surface area contributed by atoms with E-state index in [-0.39, 0.29) is 11.5 Å². The third-order valence-electron chi connectivity index (χ3n) is 5.02. The number of methoxy groups -OCH3 is 2. The predicted octanol–water partition coefficient (Wildman–Crippen LogP) is 3.71. The number of rotatable bonds is 7. The molecule has 8 nitrogen and oxygen atoms in total. The average molecular weight is 460 g/mol. The zero-order chi connectivity index (χ0) is 23.1. The molecule has 0 saturated carbocycles. The van der Waals surface area contributed by atoms with E-state index in [9.17, 15) is 19.5 Å². The van der Waals surface area contributed by atoms with E-state index >= 15 is 0 Å². The molecule has 170 valence electrons. The number of phenols is 1. The summed E-state index contributed by atoms with van der Waals surface area (Å²) in [6, 6.07) is 4.60. The number of amides is 1. The molecule has 0 spiro atoms. The molecular formula is C23H25NO7S. The summed E-state index contributed by atoms with van der Waals surface area (Å²) < 4.78 is 14.9. The molecular weight excluding hydrogens is 434 g/mol. The molecule has 0 saturated heterocycles. The second-order valence-corrected chi connectivity index (χ2v) is 8.29. The Balaban J connectivity index is 1.61. The maximum atomic E-state index is 12.4. The number of aryl methyl sites for hydroxylation is 1. The normalized spacial score (nSPS) is 13.2. The second kappa shape index (κ2) is 10.8. The molecule has 1 aromatic heterocycles. The van der Waals surface area contributed by atoms with Crippen molar-refractivity contribution >= 4 is 40.3 Å². The summed E-state index contributed by atoms with van der Waals surface area (Å²) in [5, 5.41) is 12.7. The second-order valence-electron chi connectivity index (χ2n) is 7.18. The van der Waals surface area contributed by atoms with Crippen molar-refractivity contribution in [1.29, 1.82) is 0 Å². The van der Waals surface area contributed by atoms with Gasteiger partial charge >= 0.3 is 11.9 Å². The number of carbonyl (C=O) groups is 3. The van der Waals surface area contributed by atoms with Crippen LogP contribution in [0.4, 0.5) is 5.00 Å². The number of hydrogen-bond acceptors (Lipinski definition) is 8. The number of anilines is 1. The molecule has 3 rings (SSSR count). The zero-order valence-corrected chi connectivity index (χ0v) is 18.8. The highest BCUT2D eigenvalue weighted by atomic mass is 32.1. The van der Waals surface area contributed by atoms with E-state index < -0.39 is 24.5 Å². The fourth-order valence-corrected chi connectivity index (χ4v) is 4.75. The van der Waals surface area contributed by atoms with Gasteiger partial charge < -0.3 is 24.6 Å². The van der Waals surface area contributed by atoms with Crippen LogP contribution in [0.2, 0.25) is 0 Å². The van der Waals surface area contributed by atoms with Crippen LogP contribution in [0.15, 0.2) is 24.3 Å². The lowest BCUT2D eigenvalue weighted by Gasteiger charge is -2.07. The molecule has 0 fully saturated rings. The third-order valence-corrected chi connectivity index (χ3v) is 6.23. The molecule has 1 amide bonds. The van der Waals surface area contributed by atoms with Crippen molar-refractivity contribution in [2.75, 3.05) is 26.1 Å². The molecule has 32 heavy (non-hydrogen) atoms. The van der Waals surface area contributed by atoms with Gasteiger partial charge in [-0.2, -0.15) is 0 Å². The quantitative estimate of drug-likeness (QED) is 0.369. The Hall–Kier alpha value is -3.33. The summed E-state index contributed by atoms with van der Waals surface area (Å²) >= 11 is 1.37. The average Bonchev–Trinajstić information content (AvgIpc) is 2.96. The van der Waals surface area contributed by atoms with Gasteiger partial charge in [0.1, 0.15) is 5.00 Å². The van der Waals surface area contributed by atoms with Gasteiger partial charge in [0.2, 0.25) is 0 Å². The van der Waals surface area contributed by atoms with Gasteiger partial charge in [-0.1, -0.05) is 12.5 Å². The van der Waals surface area contributed by atoms with Gasteiger partial charge in [-0.25, -0.2) is 9.59 Å². The van der Waals surface area contributed by atoms with E-state index in [1.54, 1.807) is 12.1 Å². The highest BCUT2D eigenvalue weighted by molar-refractivity contribution is 7.17. The topological polar surface area (TPSA) is 111 Å². The first-order valence-corrected chi connectivity index (χ1v) is 11.0. The van der Waals surface area contributed by atoms with Crippen LogP contribution in [0, 0.1) is 0 Å². The fraction of sp³-hybridized carbons (Fsp3) is 0.348. The van der Waals surface area contributed by atoms with Crippen molar-refractivity contribution in [3.8, 4) is 11.5 Å². The van der Waals surface area contributed by atoms with Gasteiger partial charge in [0.15, 0.2) is 18.1 Å². The largest absolute Gasteiger partial charge is 0.504 e. The molecule has 0 bridgehead atoms. The van der Waals surface area contributed by atoms with Crippen molar-refractivity contribution in [3.63, 3.8) is 0 Å². The lowest BCUT2D eigenvalue weighted by molar-refractivity contribution is -0.142. The molecule has 0 radical (unpaired) electrons. The highest BCUT2D eigenvalue weighted by Gasteiger charge is 2.26. The van der Waals surface area contributed by atoms with Crippen molar-refractivity contribution in [2.24, 2.45) is 0 Å². The minimum atomic E-state index is -0.706. The number of hydrogen-bond donors (Lipinski definition) is 2. The molecule has 9 heteroatoms. The Morgan fingerprint density at radius 1 is 1.16 bits per heavy atom. The number of nitrogens with one attached hydrogen (secondary N) is 1. The number of aromatic hydroxyl groups is 1. The Kier molecular flexibility index (Phi) is 7.88. The van der Waals surface area contributed by atoms with E-state index in [0.717, 1.165) is 42.5 Å². The summed E-state index contributed by atoms with van der Waals surface area (Å²) in [5.74, 6) is -1.47. The van der Waals surface area contributed by atoms with Crippen molar-refractivity contribution in [3.05, 3.63) is 45.8 Å². The third kappa shape index (κ3) is 5.67. The number of ether oxygens (including phenoxy) is 3. The first kappa shape index (κ1) is 23.3. The lowest BCUT2D eigenvalue weighted by Crippen LogP contribution is -2.21. The predicted molar refractivity (Wildman–Crippen MR) is 120 cm³/mol. The summed E-state index contributed by atoms with van der Waals surface area (Å²) in [6.07, 6.45) is 7.41. The van der Waals surface area contributed by atoms with Crippen LogP contribution < -0.4 is 10.1 Å². The van der Waals surface area contributed by atoms with Gasteiger partial charge in [-0.05, 0) is 55.0 Å². The van der Waals surface area contributed by atoms with E-state index in [2.05, 4.69) is 5.32 Å². The molecule has 1 aliphatic carbocycles. The molecule has 1 heterocycles. The summed E-state index contributed by atoms with van der Waals surface area (Å²) in [6.45, 7) is -0.495. The van der Waals surface area contributed by atoms with E-state index in [4.69, 9.17) is 14.2 Å². The highest BCUT2D eigenvalue weighted by Crippen LogP contribution is 2.38. The van der Waals surface area contributed by atoms with Gasteiger partial charge in [-0.15, -0.1) is 11.3 Å². The number of benzene rings is 1. The number of carbonyl (C=O) groups excluding carboxylic acids is 3. The van der Waals surface area contributed by atoms with E-state index in [1.807, 2.05) is 0 Å². The van der Waals surface area contributed by atoms with Crippen LogP contribution in [0.5, 0.6) is 11.5 Å². The zero-order valence-electron chi connectivity index (χ0n) is 17.9. The molecule has 1 aromatic carbocycles. The van der Waals surface area contributed by atoms with Crippen LogP contribution in [0.25, 0.3) is 6.08 Å². The van der Waals surface area contributed by atoms with Crippen molar-refractivity contribution < 1.29 is 33.7 Å². The van der Waals surface area contributed by atoms with Gasteiger partial charge in [0, 0.05) is 11.0 Å². The van der Waals surface area contributed by atoms with Crippen molar-refractivity contribution in [1.82, 2.24) is 0 Å². The Labute approximate surface area is 189 Å². The maximum absolute atomic E-state index is 12.4. The Bertz CT molecular complexity index is 1040. The standard InChI is InChI=1S/C23H25NO7S/c1-29-17-12-14(8-10-16(17)25)9-11-20(27)31-13-19(26)24-22-21(23(28)30-2)15-6-4-3-5-7-18(15)32-22/h8-12,25H,3-7,13H2,1-2H3,(H,24,26). The lowest BCUT2D eigenvalue weighted by atomic mass is 10.1. The molecule has 0 aliphatic heterocycles. The summed E-state index contributed by atoms with van der Waals surface area (Å²) in [7, 11) is 2.74. The first-order valence-electron chi connectivity index (χ1n) is 10.2. The molecule has 1 aliphatic rings. The first-order chi connectivity index (χ1) is 15.4. The fourth-order valence-electron chi connectivity index (χ4n) is 3.46. The molecule has 0 unspecified atom stereocenters. The number of thiophene rings is 1. The summed E-state index contributed by atoms with van der Waals surface area (Å²) in [4.78, 5) is 37.7. The number of fused-ring (bicyclic) bond motifs is 1. The number of phenolic OH excluding ortho intramolecular Hbond substituents is 1. The maximum Gasteiger partial charge on any atom is 0.341 e. The van der Waals surface area contributed by atoms with Gasteiger partial charge in [0.05, 0.1) is 19.8 Å². The van der Waals surface area contributed by atoms with Crippen LogP contribution >= 0.6 is 11.3 Å². The molecule has 0 atom stereocenters.